The number of ether oxygens (including phenoxy) is 2. The fraction of sp³-hybridized carbons (Fsp3) is 0.400. The average molecular weight is 249 g/mol. The number of alkyl halides is 2. The van der Waals surface area contributed by atoms with Crippen LogP contribution in [0.3, 0.4) is 0 Å². The minimum absolute atomic E-state index is 0.155. The van der Waals surface area contributed by atoms with Gasteiger partial charge in [0.1, 0.15) is 5.75 Å². The maximum absolute atomic E-state index is 13.3. The Labute approximate surface area is 95.4 Å². The molecular formula is C10H10F3NO3. The van der Waals surface area contributed by atoms with Crippen molar-refractivity contribution >= 4 is 5.97 Å². The largest absolute Gasteiger partial charge is 0.495 e. The van der Waals surface area contributed by atoms with E-state index < -0.39 is 30.5 Å². The van der Waals surface area contributed by atoms with Crippen molar-refractivity contribution in [3.8, 4) is 5.75 Å². The Balaban J connectivity index is 3.13. The van der Waals surface area contributed by atoms with E-state index in [1.165, 1.54) is 0 Å². The van der Waals surface area contributed by atoms with Gasteiger partial charge in [0.05, 0.1) is 20.6 Å². The Bertz CT molecular complexity index is 424. The highest BCUT2D eigenvalue weighted by molar-refractivity contribution is 5.72. The molecule has 0 atom stereocenters. The molecule has 17 heavy (non-hydrogen) atoms. The van der Waals surface area contributed by atoms with Crippen molar-refractivity contribution in [1.82, 2.24) is 4.98 Å². The lowest BCUT2D eigenvalue weighted by Crippen LogP contribution is -2.09. The van der Waals surface area contributed by atoms with Crippen molar-refractivity contribution in [3.05, 3.63) is 23.3 Å². The molecule has 0 N–H and O–H groups in total. The number of aromatic nitrogens is 1. The second-order valence-electron chi connectivity index (χ2n) is 3.08. The van der Waals surface area contributed by atoms with Crippen molar-refractivity contribution in [3.63, 3.8) is 0 Å². The van der Waals surface area contributed by atoms with E-state index in [0.29, 0.717) is 0 Å². The molecule has 0 radical (unpaired) electrons. The standard InChI is InChI=1S/C10H10F3NO3/c1-16-6-3-5(4-7(15)17-2)10(13)14-8(6)9(11)12/h3,9H,4H2,1-2H3. The molecule has 0 aromatic carbocycles. The van der Waals surface area contributed by atoms with Gasteiger partial charge in [0.25, 0.3) is 6.43 Å². The zero-order valence-corrected chi connectivity index (χ0v) is 9.17. The van der Waals surface area contributed by atoms with Crippen molar-refractivity contribution in [2.24, 2.45) is 0 Å². The Hall–Kier alpha value is -1.79. The van der Waals surface area contributed by atoms with Crippen LogP contribution < -0.4 is 4.74 Å². The first kappa shape index (κ1) is 13.3. The number of rotatable bonds is 4. The van der Waals surface area contributed by atoms with Crippen molar-refractivity contribution in [2.45, 2.75) is 12.8 Å². The number of nitrogens with zero attached hydrogens (tertiary/aromatic N) is 1. The minimum Gasteiger partial charge on any atom is -0.495 e. The van der Waals surface area contributed by atoms with Gasteiger partial charge in [-0.05, 0) is 6.07 Å². The van der Waals surface area contributed by atoms with E-state index in [2.05, 4.69) is 14.5 Å². The summed E-state index contributed by atoms with van der Waals surface area (Å²) in [4.78, 5) is 14.0. The van der Waals surface area contributed by atoms with Crippen LogP contribution >= 0.6 is 0 Å². The molecule has 94 valence electrons. The second-order valence-corrected chi connectivity index (χ2v) is 3.08. The molecule has 0 saturated carbocycles. The lowest BCUT2D eigenvalue weighted by atomic mass is 10.1. The van der Waals surface area contributed by atoms with Gasteiger partial charge < -0.3 is 9.47 Å². The molecule has 1 aromatic heterocycles. The molecule has 0 aliphatic heterocycles. The molecule has 0 unspecified atom stereocenters. The summed E-state index contributed by atoms with van der Waals surface area (Å²) in [6, 6.07) is 1.01. The zero-order valence-electron chi connectivity index (χ0n) is 9.17. The van der Waals surface area contributed by atoms with Gasteiger partial charge in [0, 0.05) is 5.56 Å². The fourth-order valence-electron chi connectivity index (χ4n) is 1.20. The smallest absolute Gasteiger partial charge is 0.310 e. The van der Waals surface area contributed by atoms with Crippen molar-refractivity contribution in [1.29, 1.82) is 0 Å². The van der Waals surface area contributed by atoms with E-state index in [1.807, 2.05) is 0 Å². The summed E-state index contributed by atoms with van der Waals surface area (Å²) < 4.78 is 47.2. The summed E-state index contributed by atoms with van der Waals surface area (Å²) in [5.41, 5.74) is -0.947. The third kappa shape index (κ3) is 3.08. The summed E-state index contributed by atoms with van der Waals surface area (Å²) in [7, 11) is 2.29. The van der Waals surface area contributed by atoms with Crippen LogP contribution in [0.1, 0.15) is 17.7 Å². The summed E-state index contributed by atoms with van der Waals surface area (Å²) in [6.45, 7) is 0. The van der Waals surface area contributed by atoms with Gasteiger partial charge >= 0.3 is 5.97 Å². The third-order valence-electron chi connectivity index (χ3n) is 2.03. The molecule has 0 fully saturated rings. The average Bonchev–Trinajstić information content (AvgIpc) is 2.30. The Morgan fingerprint density at radius 1 is 1.47 bits per heavy atom. The van der Waals surface area contributed by atoms with Crippen molar-refractivity contribution in [2.75, 3.05) is 14.2 Å². The molecule has 0 bridgehead atoms. The van der Waals surface area contributed by atoms with E-state index in [0.717, 1.165) is 20.3 Å². The maximum Gasteiger partial charge on any atom is 0.310 e. The number of methoxy groups -OCH3 is 2. The second kappa shape index (κ2) is 5.51. The van der Waals surface area contributed by atoms with Crippen LogP contribution in [0.15, 0.2) is 6.07 Å². The first-order chi connectivity index (χ1) is 7.99. The topological polar surface area (TPSA) is 48.4 Å². The molecule has 0 amide bonds. The number of pyridine rings is 1. The van der Waals surface area contributed by atoms with Crippen molar-refractivity contribution < 1.29 is 27.4 Å². The summed E-state index contributed by atoms with van der Waals surface area (Å²) in [5.74, 6) is -2.09. The molecule has 0 aliphatic carbocycles. The van der Waals surface area contributed by atoms with E-state index in [-0.39, 0.29) is 11.3 Å². The quantitative estimate of drug-likeness (QED) is 0.604. The van der Waals surface area contributed by atoms with Crippen LogP contribution in [0.4, 0.5) is 13.2 Å². The normalized spacial score (nSPS) is 10.5. The highest BCUT2D eigenvalue weighted by atomic mass is 19.3. The number of hydrogen-bond acceptors (Lipinski definition) is 4. The summed E-state index contributed by atoms with van der Waals surface area (Å²) >= 11 is 0. The van der Waals surface area contributed by atoms with Gasteiger partial charge in [-0.25, -0.2) is 13.8 Å². The van der Waals surface area contributed by atoms with Gasteiger partial charge in [-0.1, -0.05) is 0 Å². The van der Waals surface area contributed by atoms with Gasteiger partial charge in [-0.3, -0.25) is 4.79 Å². The van der Waals surface area contributed by atoms with Crippen LogP contribution in [-0.4, -0.2) is 25.2 Å². The molecule has 0 saturated heterocycles. The van der Waals surface area contributed by atoms with E-state index in [4.69, 9.17) is 0 Å². The third-order valence-corrected chi connectivity index (χ3v) is 2.03. The number of halogens is 3. The van der Waals surface area contributed by atoms with Gasteiger partial charge in [0.2, 0.25) is 5.95 Å². The summed E-state index contributed by atoms with van der Waals surface area (Å²) in [5, 5.41) is 0. The lowest BCUT2D eigenvalue weighted by Gasteiger charge is -2.09. The molecule has 1 aromatic rings. The SMILES string of the molecule is COC(=O)Cc1cc(OC)c(C(F)F)nc1F. The molecule has 0 spiro atoms. The van der Waals surface area contributed by atoms with Crippen LogP contribution in [0.25, 0.3) is 0 Å². The Morgan fingerprint density at radius 3 is 2.59 bits per heavy atom. The molecule has 0 aliphatic rings. The van der Waals surface area contributed by atoms with E-state index in [9.17, 15) is 18.0 Å². The van der Waals surface area contributed by atoms with E-state index in [1.54, 1.807) is 0 Å². The summed E-state index contributed by atoms with van der Waals surface area (Å²) in [6.07, 6.45) is -3.35. The van der Waals surface area contributed by atoms with Crippen LogP contribution in [0, 0.1) is 5.95 Å². The number of hydrogen-bond donors (Lipinski definition) is 0. The minimum atomic E-state index is -2.95. The number of carbonyl (C=O) groups is 1. The Kier molecular flexibility index (Phi) is 4.30. The highest BCUT2D eigenvalue weighted by Gasteiger charge is 2.20. The molecule has 1 heterocycles. The first-order valence-electron chi connectivity index (χ1n) is 4.57. The zero-order chi connectivity index (χ0) is 13.0. The number of esters is 1. The predicted molar refractivity (Wildman–Crippen MR) is 51.4 cm³/mol. The van der Waals surface area contributed by atoms with Gasteiger partial charge in [0.15, 0.2) is 5.69 Å². The highest BCUT2D eigenvalue weighted by Crippen LogP contribution is 2.28. The molecular weight excluding hydrogens is 239 g/mol. The first-order valence-corrected chi connectivity index (χ1v) is 4.57. The molecule has 1 rings (SSSR count). The lowest BCUT2D eigenvalue weighted by molar-refractivity contribution is -0.139. The fourth-order valence-corrected chi connectivity index (χ4v) is 1.20. The van der Waals surface area contributed by atoms with Gasteiger partial charge in [-0.2, -0.15) is 4.39 Å². The van der Waals surface area contributed by atoms with Crippen LogP contribution in [-0.2, 0) is 16.0 Å². The molecule has 4 nitrogen and oxygen atoms in total. The van der Waals surface area contributed by atoms with E-state index >= 15 is 0 Å². The van der Waals surface area contributed by atoms with Crippen LogP contribution in [0.2, 0.25) is 0 Å². The monoisotopic (exact) mass is 249 g/mol. The predicted octanol–water partition coefficient (Wildman–Crippen LogP) is 1.88. The van der Waals surface area contributed by atoms with Crippen LogP contribution in [0.5, 0.6) is 5.75 Å². The van der Waals surface area contributed by atoms with Gasteiger partial charge in [-0.15, -0.1) is 0 Å². The maximum atomic E-state index is 13.3. The Morgan fingerprint density at radius 2 is 2.12 bits per heavy atom. The molecule has 7 heteroatoms. The number of carbonyl (C=O) groups excluding carboxylic acids is 1.